The van der Waals surface area contributed by atoms with Gasteiger partial charge in [0, 0.05) is 22.6 Å². The maximum Gasteiger partial charge on any atom is 0.326 e. The highest BCUT2D eigenvalue weighted by atomic mass is 16.4. The second kappa shape index (κ2) is 8.28. The van der Waals surface area contributed by atoms with Gasteiger partial charge in [-0.05, 0) is 46.1 Å². The van der Waals surface area contributed by atoms with E-state index in [1.165, 1.54) is 0 Å². The van der Waals surface area contributed by atoms with Crippen molar-refractivity contribution >= 4 is 11.9 Å². The molecule has 0 aliphatic heterocycles. The number of carbonyl (C=O) groups excluding carboxylic acids is 1. The molecule has 27 heavy (non-hydrogen) atoms. The fraction of sp³-hybridized carbons (Fsp3) is 0.526. The zero-order chi connectivity index (χ0) is 20.3. The molecule has 1 amide bonds. The second-order valence-corrected chi connectivity index (χ2v) is 7.28. The number of aryl methyl sites for hydroxylation is 3. The number of rotatable bonds is 7. The van der Waals surface area contributed by atoms with E-state index in [-0.39, 0.29) is 18.2 Å². The first-order chi connectivity index (χ1) is 12.6. The van der Waals surface area contributed by atoms with Gasteiger partial charge in [0.1, 0.15) is 6.04 Å². The van der Waals surface area contributed by atoms with Crippen LogP contribution in [0.4, 0.5) is 0 Å². The number of carbonyl (C=O) groups is 2. The summed E-state index contributed by atoms with van der Waals surface area (Å²) in [5.74, 6) is -0.734. The third-order valence-corrected chi connectivity index (χ3v) is 4.28. The number of nitrogens with zero attached hydrogens (tertiary/aromatic N) is 4. The van der Waals surface area contributed by atoms with Crippen molar-refractivity contribution in [2.75, 3.05) is 0 Å². The molecule has 0 aliphatic rings. The van der Waals surface area contributed by atoms with E-state index in [9.17, 15) is 14.7 Å². The summed E-state index contributed by atoms with van der Waals surface area (Å²) in [6.07, 6.45) is 0.444. The normalized spacial score (nSPS) is 12.3. The molecule has 2 N–H and O–H groups in total. The zero-order valence-electron chi connectivity index (χ0n) is 16.7. The fourth-order valence-electron chi connectivity index (χ4n) is 3.03. The van der Waals surface area contributed by atoms with Gasteiger partial charge in [0.15, 0.2) is 0 Å². The minimum atomic E-state index is -1.02. The molecule has 0 radical (unpaired) electrons. The molecule has 0 aliphatic carbocycles. The van der Waals surface area contributed by atoms with Gasteiger partial charge in [0.2, 0.25) is 5.91 Å². The van der Waals surface area contributed by atoms with Gasteiger partial charge >= 0.3 is 5.97 Å². The fourth-order valence-corrected chi connectivity index (χ4v) is 3.03. The average Bonchev–Trinajstić information content (AvgIpc) is 2.81. The first-order valence-electron chi connectivity index (χ1n) is 8.98. The van der Waals surface area contributed by atoms with Crippen LogP contribution in [0.2, 0.25) is 0 Å². The molecule has 2 heterocycles. The summed E-state index contributed by atoms with van der Waals surface area (Å²) in [4.78, 5) is 32.6. The van der Waals surface area contributed by atoms with E-state index < -0.39 is 12.0 Å². The molecule has 0 bridgehead atoms. The first kappa shape index (κ1) is 20.5. The maximum atomic E-state index is 12.4. The average molecular weight is 373 g/mol. The summed E-state index contributed by atoms with van der Waals surface area (Å²) in [5, 5.41) is 16.4. The lowest BCUT2D eigenvalue weighted by molar-refractivity contribution is -0.142. The lowest BCUT2D eigenvalue weighted by Crippen LogP contribution is -2.42. The van der Waals surface area contributed by atoms with Gasteiger partial charge in [-0.3, -0.25) is 4.79 Å². The van der Waals surface area contributed by atoms with Crippen LogP contribution in [-0.4, -0.2) is 42.8 Å². The highest BCUT2D eigenvalue weighted by Crippen LogP contribution is 2.17. The summed E-state index contributed by atoms with van der Waals surface area (Å²) in [6, 6.07) is 0.987. The quantitative estimate of drug-likeness (QED) is 0.769. The molecule has 8 nitrogen and oxygen atoms in total. The maximum absolute atomic E-state index is 12.4. The molecule has 146 valence electrons. The molecule has 2 aromatic rings. The number of nitrogens with one attached hydrogen (secondary N) is 1. The number of aliphatic carboxylic acids is 1. The molecule has 0 aromatic carbocycles. The lowest BCUT2D eigenvalue weighted by Gasteiger charge is -2.16. The molecule has 0 saturated heterocycles. The molecule has 0 unspecified atom stereocenters. The van der Waals surface area contributed by atoms with E-state index in [2.05, 4.69) is 20.4 Å². The number of hydrogen-bond donors (Lipinski definition) is 2. The van der Waals surface area contributed by atoms with Crippen molar-refractivity contribution in [3.8, 4) is 5.95 Å². The van der Waals surface area contributed by atoms with Gasteiger partial charge in [-0.25, -0.2) is 19.4 Å². The van der Waals surface area contributed by atoms with E-state index in [0.29, 0.717) is 18.1 Å². The Balaban J connectivity index is 2.23. The minimum Gasteiger partial charge on any atom is -0.480 e. The molecular weight excluding hydrogens is 346 g/mol. The summed E-state index contributed by atoms with van der Waals surface area (Å²) < 4.78 is 1.63. The molecule has 0 saturated carbocycles. The van der Waals surface area contributed by atoms with Crippen LogP contribution in [0.25, 0.3) is 5.95 Å². The summed E-state index contributed by atoms with van der Waals surface area (Å²) in [7, 11) is 0. The van der Waals surface area contributed by atoms with Crippen molar-refractivity contribution in [1.82, 2.24) is 25.1 Å². The summed E-state index contributed by atoms with van der Waals surface area (Å²) in [6.45, 7) is 11.3. The van der Waals surface area contributed by atoms with Crippen LogP contribution >= 0.6 is 0 Å². The Morgan fingerprint density at radius 1 is 1.15 bits per heavy atom. The Morgan fingerprint density at radius 3 is 2.26 bits per heavy atom. The molecule has 0 spiro atoms. The van der Waals surface area contributed by atoms with Crippen molar-refractivity contribution in [2.24, 2.45) is 5.92 Å². The molecule has 8 heteroatoms. The monoisotopic (exact) mass is 373 g/mol. The highest BCUT2D eigenvalue weighted by Gasteiger charge is 2.23. The third-order valence-electron chi connectivity index (χ3n) is 4.28. The van der Waals surface area contributed by atoms with Crippen LogP contribution in [-0.2, 0) is 16.0 Å². The molecular formula is C19H27N5O3. The number of amides is 1. The number of hydrogen-bond acceptors (Lipinski definition) is 5. The molecule has 2 aromatic heterocycles. The van der Waals surface area contributed by atoms with E-state index >= 15 is 0 Å². The van der Waals surface area contributed by atoms with Gasteiger partial charge < -0.3 is 10.4 Å². The van der Waals surface area contributed by atoms with Crippen LogP contribution in [0.5, 0.6) is 0 Å². The summed E-state index contributed by atoms with van der Waals surface area (Å²) >= 11 is 0. The van der Waals surface area contributed by atoms with Crippen LogP contribution < -0.4 is 5.32 Å². The van der Waals surface area contributed by atoms with E-state index in [0.717, 1.165) is 22.6 Å². The SMILES string of the molecule is Cc1cc(C)nc(-n2nc(C)c(CC(=O)N[C@H](CC(C)C)C(=O)O)c2C)n1. The second-order valence-electron chi connectivity index (χ2n) is 7.28. The Kier molecular flexibility index (Phi) is 6.30. The van der Waals surface area contributed by atoms with Gasteiger partial charge in [0.25, 0.3) is 5.95 Å². The van der Waals surface area contributed by atoms with Gasteiger partial charge in [0.05, 0.1) is 12.1 Å². The lowest BCUT2D eigenvalue weighted by atomic mass is 10.0. The van der Waals surface area contributed by atoms with Gasteiger partial charge in [-0.1, -0.05) is 13.8 Å². The molecule has 0 fully saturated rings. The minimum absolute atomic E-state index is 0.0599. The van der Waals surface area contributed by atoms with Crippen molar-refractivity contribution in [2.45, 2.75) is 60.4 Å². The Hall–Kier alpha value is -2.77. The largest absolute Gasteiger partial charge is 0.480 e. The van der Waals surface area contributed by atoms with E-state index in [1.54, 1.807) is 4.68 Å². The zero-order valence-corrected chi connectivity index (χ0v) is 16.7. The van der Waals surface area contributed by atoms with Crippen LogP contribution in [0.15, 0.2) is 6.07 Å². The van der Waals surface area contributed by atoms with E-state index in [1.807, 2.05) is 47.6 Å². The first-order valence-corrected chi connectivity index (χ1v) is 8.98. The predicted molar refractivity (Wildman–Crippen MR) is 101 cm³/mol. The number of aromatic nitrogens is 4. The van der Waals surface area contributed by atoms with Crippen LogP contribution in [0, 0.1) is 33.6 Å². The Bertz CT molecular complexity index is 837. The van der Waals surface area contributed by atoms with E-state index in [4.69, 9.17) is 0 Å². The topological polar surface area (TPSA) is 110 Å². The molecule has 2 rings (SSSR count). The number of carboxylic acid groups (broad SMARTS) is 1. The van der Waals surface area contributed by atoms with Crippen LogP contribution in [0.3, 0.4) is 0 Å². The predicted octanol–water partition coefficient (Wildman–Crippen LogP) is 2.05. The Labute approximate surface area is 159 Å². The third kappa shape index (κ3) is 5.12. The number of carboxylic acids is 1. The Morgan fingerprint density at radius 2 is 1.74 bits per heavy atom. The standard InChI is InChI=1S/C19H27N5O3/c1-10(2)7-16(18(26)27)22-17(25)9-15-13(5)23-24(14(15)6)19-20-11(3)8-12(4)21-19/h8,10,16H,7,9H2,1-6H3,(H,22,25)(H,26,27)/t16-/m1/s1. The van der Waals surface area contributed by atoms with Crippen LogP contribution in [0.1, 0.15) is 48.6 Å². The van der Waals surface area contributed by atoms with Gasteiger partial charge in [-0.15, -0.1) is 0 Å². The van der Waals surface area contributed by atoms with Crippen molar-refractivity contribution in [1.29, 1.82) is 0 Å². The van der Waals surface area contributed by atoms with Crippen molar-refractivity contribution in [3.05, 3.63) is 34.4 Å². The van der Waals surface area contributed by atoms with Crippen molar-refractivity contribution < 1.29 is 14.7 Å². The highest BCUT2D eigenvalue weighted by molar-refractivity contribution is 5.85. The van der Waals surface area contributed by atoms with Gasteiger partial charge in [-0.2, -0.15) is 5.10 Å². The molecule has 1 atom stereocenters. The smallest absolute Gasteiger partial charge is 0.326 e. The van der Waals surface area contributed by atoms with Crippen molar-refractivity contribution in [3.63, 3.8) is 0 Å². The summed E-state index contributed by atoms with van der Waals surface area (Å²) in [5.41, 5.74) is 3.89.